The Morgan fingerprint density at radius 1 is 0.833 bits per heavy atom. The molecule has 0 aromatic heterocycles. The number of hydrogen-bond acceptors (Lipinski definition) is 1. The summed E-state index contributed by atoms with van der Waals surface area (Å²) in [4.78, 5) is 0. The van der Waals surface area contributed by atoms with Gasteiger partial charge in [-0.1, -0.05) is 0 Å². The third kappa shape index (κ3) is 3.00. The number of benzene rings is 2. The molecule has 1 nitrogen and oxygen atoms in total. The van der Waals surface area contributed by atoms with Crippen LogP contribution in [0.4, 0.5) is 22.0 Å². The van der Waals surface area contributed by atoms with E-state index in [0.29, 0.717) is 36.1 Å². The summed E-state index contributed by atoms with van der Waals surface area (Å²) in [6.07, 6.45) is 2.80. The van der Waals surface area contributed by atoms with Crippen LogP contribution in [0, 0.1) is 29.1 Å². The first-order chi connectivity index (χ1) is 11.4. The summed E-state index contributed by atoms with van der Waals surface area (Å²) in [5.74, 6) is -6.69. The Kier molecular flexibility index (Phi) is 4.30. The predicted octanol–water partition coefficient (Wildman–Crippen LogP) is 5.59. The van der Waals surface area contributed by atoms with Crippen LogP contribution in [-0.4, -0.2) is 6.10 Å². The minimum Gasteiger partial charge on any atom is -0.498 e. The van der Waals surface area contributed by atoms with Gasteiger partial charge in [0.1, 0.15) is 11.6 Å². The Morgan fingerprint density at radius 3 is 1.88 bits per heavy atom. The Balaban J connectivity index is 2.05. The minimum absolute atomic E-state index is 0.0351. The maximum Gasteiger partial charge on any atom is 0.194 e. The Morgan fingerprint density at radius 2 is 1.38 bits per heavy atom. The van der Waals surface area contributed by atoms with E-state index in [2.05, 4.69) is 0 Å². The Bertz CT molecular complexity index is 782. The molecule has 6 heteroatoms. The minimum atomic E-state index is -1.69. The predicted molar refractivity (Wildman–Crippen MR) is 79.4 cm³/mol. The molecule has 1 aliphatic heterocycles. The van der Waals surface area contributed by atoms with Gasteiger partial charge in [-0.25, -0.2) is 22.0 Å². The first-order valence-corrected chi connectivity index (χ1v) is 7.35. The summed E-state index contributed by atoms with van der Waals surface area (Å²) < 4.78 is 73.7. The third-order valence-corrected chi connectivity index (χ3v) is 3.95. The molecular weight excluding hydrogens is 327 g/mol. The van der Waals surface area contributed by atoms with Crippen LogP contribution in [0.3, 0.4) is 0 Å². The molecule has 0 radical (unpaired) electrons. The lowest BCUT2D eigenvalue weighted by molar-refractivity contribution is 0.144. The van der Waals surface area contributed by atoms with E-state index in [1.165, 1.54) is 6.26 Å². The van der Waals surface area contributed by atoms with Crippen LogP contribution in [0.2, 0.25) is 0 Å². The summed E-state index contributed by atoms with van der Waals surface area (Å²) in [6.45, 7) is 1.88. The lowest BCUT2D eigenvalue weighted by Crippen LogP contribution is -2.09. The highest BCUT2D eigenvalue weighted by molar-refractivity contribution is 5.71. The average molecular weight is 340 g/mol. The van der Waals surface area contributed by atoms with E-state index in [9.17, 15) is 22.0 Å². The molecule has 0 amide bonds. The van der Waals surface area contributed by atoms with Gasteiger partial charge >= 0.3 is 0 Å². The normalized spacial score (nSPS) is 17.4. The molecule has 0 saturated heterocycles. The van der Waals surface area contributed by atoms with E-state index in [1.807, 2.05) is 6.92 Å². The van der Waals surface area contributed by atoms with Crippen LogP contribution in [-0.2, 0) is 4.74 Å². The molecule has 0 aliphatic carbocycles. The Hall–Kier alpha value is -2.37. The van der Waals surface area contributed by atoms with Crippen LogP contribution in [0.25, 0.3) is 16.7 Å². The van der Waals surface area contributed by atoms with Gasteiger partial charge in [0.2, 0.25) is 0 Å². The molecule has 0 spiro atoms. The summed E-state index contributed by atoms with van der Waals surface area (Å²) in [7, 11) is 0. The molecular formula is C18H13F5O. The average Bonchev–Trinajstić information content (AvgIpc) is 2.52. The first-order valence-electron chi connectivity index (χ1n) is 7.35. The smallest absolute Gasteiger partial charge is 0.194 e. The fraction of sp³-hybridized carbons (Fsp3) is 0.222. The number of allylic oxidation sites excluding steroid dienone is 1. The van der Waals surface area contributed by atoms with E-state index < -0.39 is 40.2 Å². The second-order valence-corrected chi connectivity index (χ2v) is 5.70. The van der Waals surface area contributed by atoms with Gasteiger partial charge in [0.25, 0.3) is 0 Å². The quantitative estimate of drug-likeness (QED) is 0.512. The van der Waals surface area contributed by atoms with Crippen molar-refractivity contribution in [2.24, 2.45) is 0 Å². The van der Waals surface area contributed by atoms with Gasteiger partial charge in [0.15, 0.2) is 17.5 Å². The molecule has 2 aromatic rings. The maximum absolute atomic E-state index is 14.3. The molecule has 2 aromatic carbocycles. The Labute approximate surface area is 135 Å². The topological polar surface area (TPSA) is 9.23 Å². The van der Waals surface area contributed by atoms with Crippen molar-refractivity contribution >= 4 is 5.57 Å². The highest BCUT2D eigenvalue weighted by Crippen LogP contribution is 2.33. The SMILES string of the molecule is CC1CCC(c2cc(F)c(-c3cc(F)c(F)c(F)c3)c(F)c2)=CO1. The highest BCUT2D eigenvalue weighted by atomic mass is 19.2. The number of halogens is 5. The summed E-state index contributed by atoms with van der Waals surface area (Å²) >= 11 is 0. The van der Waals surface area contributed by atoms with E-state index in [-0.39, 0.29) is 6.10 Å². The van der Waals surface area contributed by atoms with Gasteiger partial charge in [-0.2, -0.15) is 0 Å². The summed E-state index contributed by atoms with van der Waals surface area (Å²) in [6, 6.07) is 3.26. The van der Waals surface area contributed by atoms with Gasteiger partial charge in [0.05, 0.1) is 17.9 Å². The fourth-order valence-corrected chi connectivity index (χ4v) is 2.63. The van der Waals surface area contributed by atoms with Crippen molar-refractivity contribution in [2.75, 3.05) is 0 Å². The van der Waals surface area contributed by atoms with Gasteiger partial charge in [0, 0.05) is 0 Å². The molecule has 0 fully saturated rings. The highest BCUT2D eigenvalue weighted by Gasteiger charge is 2.20. The van der Waals surface area contributed by atoms with Crippen LogP contribution in [0.15, 0.2) is 30.5 Å². The van der Waals surface area contributed by atoms with E-state index >= 15 is 0 Å². The van der Waals surface area contributed by atoms with Gasteiger partial charge < -0.3 is 4.74 Å². The van der Waals surface area contributed by atoms with Crippen molar-refractivity contribution in [2.45, 2.75) is 25.9 Å². The zero-order valence-electron chi connectivity index (χ0n) is 12.7. The molecule has 0 bridgehead atoms. The van der Waals surface area contributed by atoms with Gasteiger partial charge in [-0.05, 0) is 60.7 Å². The molecule has 1 heterocycles. The van der Waals surface area contributed by atoms with Crippen molar-refractivity contribution in [1.29, 1.82) is 0 Å². The second kappa shape index (κ2) is 6.26. The van der Waals surface area contributed by atoms with Gasteiger partial charge in [-0.3, -0.25) is 0 Å². The maximum atomic E-state index is 14.3. The van der Waals surface area contributed by atoms with Crippen molar-refractivity contribution in [3.63, 3.8) is 0 Å². The van der Waals surface area contributed by atoms with Crippen molar-refractivity contribution in [3.8, 4) is 11.1 Å². The van der Waals surface area contributed by atoms with Gasteiger partial charge in [-0.15, -0.1) is 0 Å². The van der Waals surface area contributed by atoms with E-state index in [1.54, 1.807) is 0 Å². The zero-order chi connectivity index (χ0) is 17.4. The fourth-order valence-electron chi connectivity index (χ4n) is 2.63. The lowest BCUT2D eigenvalue weighted by atomic mass is 9.95. The van der Waals surface area contributed by atoms with Crippen LogP contribution < -0.4 is 0 Å². The molecule has 0 saturated carbocycles. The lowest BCUT2D eigenvalue weighted by Gasteiger charge is -2.20. The third-order valence-electron chi connectivity index (χ3n) is 3.95. The first kappa shape index (κ1) is 16.5. The molecule has 1 aliphatic rings. The van der Waals surface area contributed by atoms with Crippen LogP contribution >= 0.6 is 0 Å². The van der Waals surface area contributed by atoms with Crippen molar-refractivity contribution in [1.82, 2.24) is 0 Å². The number of rotatable bonds is 2. The number of ether oxygens (including phenoxy) is 1. The molecule has 24 heavy (non-hydrogen) atoms. The zero-order valence-corrected chi connectivity index (χ0v) is 12.7. The van der Waals surface area contributed by atoms with Crippen molar-refractivity contribution in [3.05, 3.63) is 65.2 Å². The van der Waals surface area contributed by atoms with E-state index in [0.717, 1.165) is 12.1 Å². The summed E-state index contributed by atoms with van der Waals surface area (Å²) in [5.41, 5.74) is -0.0877. The standard InChI is InChI=1S/C18H13F5O/c1-9-2-3-10(8-24-9)11-4-13(19)17(14(20)5-11)12-6-15(21)18(23)16(22)7-12/h4-9H,2-3H2,1H3. The molecule has 0 N–H and O–H groups in total. The molecule has 1 atom stereocenters. The number of hydrogen-bond donors (Lipinski definition) is 0. The summed E-state index contributed by atoms with van der Waals surface area (Å²) in [5, 5.41) is 0. The van der Waals surface area contributed by atoms with Crippen molar-refractivity contribution < 1.29 is 26.7 Å². The second-order valence-electron chi connectivity index (χ2n) is 5.70. The molecule has 1 unspecified atom stereocenters. The largest absolute Gasteiger partial charge is 0.498 e. The molecule has 3 rings (SSSR count). The van der Waals surface area contributed by atoms with E-state index in [4.69, 9.17) is 4.74 Å². The molecule has 126 valence electrons. The van der Waals surface area contributed by atoms with Crippen LogP contribution in [0.5, 0.6) is 0 Å². The van der Waals surface area contributed by atoms with Crippen LogP contribution in [0.1, 0.15) is 25.3 Å². The monoisotopic (exact) mass is 340 g/mol.